The average molecular weight is 399 g/mol. The number of benzene rings is 3. The van der Waals surface area contributed by atoms with E-state index in [1.54, 1.807) is 4.90 Å². The summed E-state index contributed by atoms with van der Waals surface area (Å²) in [6.07, 6.45) is 1.02. The van der Waals surface area contributed by atoms with Crippen molar-refractivity contribution in [3.05, 3.63) is 102 Å². The van der Waals surface area contributed by atoms with Crippen LogP contribution >= 0.6 is 0 Å². The third-order valence-electron chi connectivity index (χ3n) is 6.62. The van der Waals surface area contributed by atoms with Gasteiger partial charge < -0.3 is 14.9 Å². The minimum Gasteiger partial charge on any atom is -0.465 e. The number of carbonyl (C=O) groups is 1. The smallest absolute Gasteiger partial charge is 0.407 e. The van der Waals surface area contributed by atoms with Crippen LogP contribution in [0.3, 0.4) is 0 Å². The average Bonchev–Trinajstić information content (AvgIpc) is 3.24. The lowest BCUT2D eigenvalue weighted by Crippen LogP contribution is -2.43. The summed E-state index contributed by atoms with van der Waals surface area (Å²) in [7, 11) is 0. The van der Waals surface area contributed by atoms with Crippen LogP contribution in [0.15, 0.2) is 84.9 Å². The van der Waals surface area contributed by atoms with Crippen molar-refractivity contribution in [3.8, 4) is 0 Å². The number of amides is 1. The zero-order chi connectivity index (χ0) is 20.5. The Kier molecular flexibility index (Phi) is 4.91. The summed E-state index contributed by atoms with van der Waals surface area (Å²) in [6.45, 7) is 1.49. The second kappa shape index (κ2) is 7.86. The van der Waals surface area contributed by atoms with Gasteiger partial charge in [0.2, 0.25) is 0 Å². The molecule has 3 aromatic carbocycles. The lowest BCUT2D eigenvalue weighted by molar-refractivity contribution is 0.130. The predicted molar refractivity (Wildman–Crippen MR) is 119 cm³/mol. The molecule has 3 aromatic rings. The van der Waals surface area contributed by atoms with Crippen LogP contribution in [0.5, 0.6) is 0 Å². The molecule has 0 aromatic heterocycles. The molecule has 1 saturated heterocycles. The maximum Gasteiger partial charge on any atom is 0.407 e. The summed E-state index contributed by atoms with van der Waals surface area (Å²) < 4.78 is 0. The number of para-hydroxylation sites is 1. The Bertz CT molecular complexity index is 1020. The fourth-order valence-electron chi connectivity index (χ4n) is 5.37. The van der Waals surface area contributed by atoms with Crippen molar-refractivity contribution in [1.82, 2.24) is 4.90 Å². The second-order valence-corrected chi connectivity index (χ2v) is 8.22. The number of nitrogens with zero attached hydrogens (tertiary/aromatic N) is 2. The first kappa shape index (κ1) is 18.7. The van der Waals surface area contributed by atoms with Crippen LogP contribution in [0, 0.1) is 5.92 Å². The van der Waals surface area contributed by atoms with Crippen LogP contribution in [0.1, 0.15) is 35.2 Å². The fourth-order valence-corrected chi connectivity index (χ4v) is 5.37. The number of hydrogen-bond donors (Lipinski definition) is 1. The summed E-state index contributed by atoms with van der Waals surface area (Å²) in [5.74, 6) is 0.245. The number of carboxylic acid groups (broad SMARTS) is 1. The van der Waals surface area contributed by atoms with Crippen LogP contribution in [-0.4, -0.2) is 29.2 Å². The zero-order valence-corrected chi connectivity index (χ0v) is 16.9. The molecule has 0 spiro atoms. The Morgan fingerprint density at radius 1 is 0.867 bits per heavy atom. The molecule has 0 bridgehead atoms. The summed E-state index contributed by atoms with van der Waals surface area (Å²) in [5.41, 5.74) is 4.89. The molecule has 2 aliphatic heterocycles. The van der Waals surface area contributed by atoms with E-state index in [0.29, 0.717) is 6.54 Å². The number of rotatable bonds is 4. The minimum atomic E-state index is -0.818. The first-order valence-electron chi connectivity index (χ1n) is 10.7. The Morgan fingerprint density at radius 2 is 1.53 bits per heavy atom. The van der Waals surface area contributed by atoms with E-state index in [2.05, 4.69) is 77.7 Å². The number of fused-ring (bicyclic) bond motifs is 3. The normalized spacial score (nSPS) is 22.5. The van der Waals surface area contributed by atoms with E-state index in [0.717, 1.165) is 30.6 Å². The molecule has 152 valence electrons. The zero-order valence-electron chi connectivity index (χ0n) is 16.9. The molecule has 30 heavy (non-hydrogen) atoms. The van der Waals surface area contributed by atoms with Gasteiger partial charge in [0.25, 0.3) is 0 Å². The van der Waals surface area contributed by atoms with Crippen molar-refractivity contribution in [2.45, 2.75) is 24.9 Å². The molecule has 1 N–H and O–H groups in total. The van der Waals surface area contributed by atoms with Gasteiger partial charge in [-0.1, -0.05) is 78.9 Å². The molecule has 0 unspecified atom stereocenters. The minimum absolute atomic E-state index is 0.0862. The number of hydrogen-bond acceptors (Lipinski definition) is 2. The highest BCUT2D eigenvalue weighted by molar-refractivity contribution is 5.69. The first-order chi connectivity index (χ1) is 14.7. The molecule has 4 heteroatoms. The third-order valence-corrected chi connectivity index (χ3v) is 6.62. The van der Waals surface area contributed by atoms with E-state index in [1.807, 2.05) is 12.1 Å². The highest BCUT2D eigenvalue weighted by Crippen LogP contribution is 2.54. The monoisotopic (exact) mass is 398 g/mol. The Hall–Kier alpha value is -3.27. The molecule has 1 fully saturated rings. The standard InChI is InChI=1S/C26H26N2O2/c29-26(30)28-18-16-22-24(20-11-5-2-6-12-20)27(17-15-19-9-3-1-4-10-19)23-14-8-7-13-21(23)25(22)28/h1-14,22,24-25H,15-18H2,(H,29,30)/t22-,24+,25+/m1/s1. The van der Waals surface area contributed by atoms with Gasteiger partial charge >= 0.3 is 6.09 Å². The first-order valence-corrected chi connectivity index (χ1v) is 10.7. The molecule has 5 rings (SSSR count). The van der Waals surface area contributed by atoms with E-state index in [-0.39, 0.29) is 18.0 Å². The van der Waals surface area contributed by atoms with E-state index in [4.69, 9.17) is 0 Å². The lowest BCUT2D eigenvalue weighted by Gasteiger charge is -2.46. The highest BCUT2D eigenvalue weighted by atomic mass is 16.4. The lowest BCUT2D eigenvalue weighted by atomic mass is 9.78. The van der Waals surface area contributed by atoms with Gasteiger partial charge in [-0.2, -0.15) is 0 Å². The summed E-state index contributed by atoms with van der Waals surface area (Å²) in [4.78, 5) is 16.2. The van der Waals surface area contributed by atoms with Crippen LogP contribution in [0.25, 0.3) is 0 Å². The van der Waals surface area contributed by atoms with Gasteiger partial charge in [-0.25, -0.2) is 4.79 Å². The fraction of sp³-hybridized carbons (Fsp3) is 0.269. The molecule has 1 amide bonds. The number of anilines is 1. The third kappa shape index (κ3) is 3.22. The largest absolute Gasteiger partial charge is 0.465 e. The van der Waals surface area contributed by atoms with Gasteiger partial charge in [0.05, 0.1) is 12.1 Å². The topological polar surface area (TPSA) is 43.8 Å². The molecule has 3 atom stereocenters. The molecule has 4 nitrogen and oxygen atoms in total. The van der Waals surface area contributed by atoms with Gasteiger partial charge in [-0.05, 0) is 35.6 Å². The number of likely N-dealkylation sites (tertiary alicyclic amines) is 1. The predicted octanol–water partition coefficient (Wildman–Crippen LogP) is 5.53. The van der Waals surface area contributed by atoms with Crippen molar-refractivity contribution in [3.63, 3.8) is 0 Å². The van der Waals surface area contributed by atoms with Crippen molar-refractivity contribution < 1.29 is 9.90 Å². The van der Waals surface area contributed by atoms with Crippen LogP contribution < -0.4 is 4.90 Å². The SMILES string of the molecule is O=C(O)N1CC[C@H]2[C@@H]1c1ccccc1N(CCc1ccccc1)[C@H]2c1ccccc1. The molecular formula is C26H26N2O2. The highest BCUT2D eigenvalue weighted by Gasteiger charge is 2.48. The Labute approximate surface area is 177 Å². The van der Waals surface area contributed by atoms with E-state index < -0.39 is 6.09 Å². The quantitative estimate of drug-likeness (QED) is 0.628. The summed E-state index contributed by atoms with van der Waals surface area (Å²) >= 11 is 0. The van der Waals surface area contributed by atoms with E-state index in [1.165, 1.54) is 11.1 Å². The molecule has 0 radical (unpaired) electrons. The van der Waals surface area contributed by atoms with Crippen molar-refractivity contribution in [2.75, 3.05) is 18.0 Å². The molecule has 0 saturated carbocycles. The van der Waals surface area contributed by atoms with Gasteiger partial charge in [-0.15, -0.1) is 0 Å². The van der Waals surface area contributed by atoms with Gasteiger partial charge in [0, 0.05) is 24.7 Å². The molecule has 0 aliphatic carbocycles. The second-order valence-electron chi connectivity index (χ2n) is 8.22. The maximum atomic E-state index is 12.0. The van der Waals surface area contributed by atoms with Crippen LogP contribution in [0.2, 0.25) is 0 Å². The molecule has 2 aliphatic rings. The van der Waals surface area contributed by atoms with Crippen LogP contribution in [-0.2, 0) is 6.42 Å². The van der Waals surface area contributed by atoms with E-state index in [9.17, 15) is 9.90 Å². The summed E-state index contributed by atoms with van der Waals surface area (Å²) in [5, 5.41) is 9.86. The Balaban J connectivity index is 1.59. The van der Waals surface area contributed by atoms with Crippen molar-refractivity contribution >= 4 is 11.8 Å². The van der Waals surface area contributed by atoms with Gasteiger partial charge in [0.1, 0.15) is 0 Å². The summed E-state index contributed by atoms with van der Waals surface area (Å²) in [6, 6.07) is 29.6. The maximum absolute atomic E-state index is 12.0. The van der Waals surface area contributed by atoms with Crippen LogP contribution in [0.4, 0.5) is 10.5 Å². The Morgan fingerprint density at radius 3 is 2.27 bits per heavy atom. The van der Waals surface area contributed by atoms with Gasteiger partial charge in [-0.3, -0.25) is 0 Å². The van der Waals surface area contributed by atoms with Crippen molar-refractivity contribution in [1.29, 1.82) is 0 Å². The van der Waals surface area contributed by atoms with Gasteiger partial charge in [0.15, 0.2) is 0 Å². The van der Waals surface area contributed by atoms with E-state index >= 15 is 0 Å². The molecule has 2 heterocycles. The molecular weight excluding hydrogens is 372 g/mol. The van der Waals surface area contributed by atoms with Crippen molar-refractivity contribution in [2.24, 2.45) is 5.92 Å².